The summed E-state index contributed by atoms with van der Waals surface area (Å²) in [6.45, 7) is 0. The topological polar surface area (TPSA) is 119 Å². The first-order chi connectivity index (χ1) is 10.0. The smallest absolute Gasteiger partial charge is 0.311 e. The second-order valence-electron chi connectivity index (χ2n) is 3.98. The van der Waals surface area contributed by atoms with Crippen molar-refractivity contribution >= 4 is 23.3 Å². The first kappa shape index (κ1) is 14.1. The molecule has 0 aliphatic rings. The van der Waals surface area contributed by atoms with Gasteiger partial charge in [0.15, 0.2) is 0 Å². The fourth-order valence-electron chi connectivity index (χ4n) is 1.67. The van der Waals surface area contributed by atoms with Gasteiger partial charge in [-0.15, -0.1) is 0 Å². The Hall–Kier alpha value is -3.29. The van der Waals surface area contributed by atoms with E-state index in [0.717, 1.165) is 12.3 Å². The number of phenolic OH excluding ortho intramolecular Hbond substituents is 1. The third-order valence-corrected chi connectivity index (χ3v) is 2.66. The Bertz CT molecular complexity index is 742. The van der Waals surface area contributed by atoms with Crippen molar-refractivity contribution in [2.75, 3.05) is 0 Å². The number of benzene rings is 2. The van der Waals surface area contributed by atoms with E-state index < -0.39 is 21.3 Å². The molecular formula is C13H9N3O5. The highest BCUT2D eigenvalue weighted by atomic mass is 16.6. The summed E-state index contributed by atoms with van der Waals surface area (Å²) in [7, 11) is 0. The maximum atomic E-state index is 10.8. The highest BCUT2D eigenvalue weighted by Crippen LogP contribution is 2.30. The minimum absolute atomic E-state index is 0.0911. The molecule has 8 nitrogen and oxygen atoms in total. The Morgan fingerprint density at radius 3 is 2.24 bits per heavy atom. The van der Waals surface area contributed by atoms with Crippen LogP contribution in [0.4, 0.5) is 17.1 Å². The number of phenols is 1. The van der Waals surface area contributed by atoms with Crippen LogP contribution in [0, 0.1) is 20.2 Å². The predicted molar refractivity (Wildman–Crippen MR) is 75.1 cm³/mol. The van der Waals surface area contributed by atoms with Crippen molar-refractivity contribution in [3.63, 3.8) is 0 Å². The number of aliphatic imine (C=N–C) groups is 1. The minimum atomic E-state index is -0.725. The number of hydrogen-bond donors (Lipinski definition) is 1. The van der Waals surface area contributed by atoms with Crippen LogP contribution in [0.25, 0.3) is 0 Å². The van der Waals surface area contributed by atoms with Crippen LogP contribution < -0.4 is 0 Å². The van der Waals surface area contributed by atoms with E-state index in [1.807, 2.05) is 0 Å². The summed E-state index contributed by atoms with van der Waals surface area (Å²) in [5.41, 5.74) is -0.462. The molecule has 0 radical (unpaired) electrons. The second-order valence-corrected chi connectivity index (χ2v) is 3.98. The highest BCUT2D eigenvalue weighted by Gasteiger charge is 2.16. The lowest BCUT2D eigenvalue weighted by Gasteiger charge is -2.00. The molecule has 0 heterocycles. The molecule has 2 aromatic carbocycles. The van der Waals surface area contributed by atoms with Crippen molar-refractivity contribution in [3.8, 4) is 5.75 Å². The summed E-state index contributed by atoms with van der Waals surface area (Å²) < 4.78 is 0. The number of para-hydroxylation sites is 3. The molecule has 0 aromatic heterocycles. The predicted octanol–water partition coefficient (Wildman–Crippen LogP) is 2.96. The molecule has 2 rings (SSSR count). The molecule has 0 amide bonds. The first-order valence-electron chi connectivity index (χ1n) is 5.74. The number of nitro benzene ring substituents is 2. The minimum Gasteiger partial charge on any atom is -0.502 e. The van der Waals surface area contributed by atoms with Crippen LogP contribution in [0.3, 0.4) is 0 Å². The zero-order valence-electron chi connectivity index (χ0n) is 10.5. The summed E-state index contributed by atoms with van der Waals surface area (Å²) >= 11 is 0. The van der Waals surface area contributed by atoms with Gasteiger partial charge in [0.05, 0.1) is 9.85 Å². The lowest BCUT2D eigenvalue weighted by molar-refractivity contribution is -0.385. The van der Waals surface area contributed by atoms with Gasteiger partial charge in [-0.25, -0.2) is 4.99 Å². The number of aromatic hydroxyl groups is 1. The molecule has 8 heteroatoms. The van der Waals surface area contributed by atoms with E-state index in [9.17, 15) is 25.3 Å². The van der Waals surface area contributed by atoms with Crippen molar-refractivity contribution < 1.29 is 15.0 Å². The maximum Gasteiger partial charge on any atom is 0.311 e. The average molecular weight is 287 g/mol. The molecule has 0 aliphatic heterocycles. The van der Waals surface area contributed by atoms with Gasteiger partial charge in [-0.05, 0) is 12.1 Å². The maximum absolute atomic E-state index is 10.8. The van der Waals surface area contributed by atoms with Crippen molar-refractivity contribution in [1.82, 2.24) is 0 Å². The lowest BCUT2D eigenvalue weighted by atomic mass is 10.2. The first-order valence-corrected chi connectivity index (χ1v) is 5.74. The molecule has 0 saturated heterocycles. The Kier molecular flexibility index (Phi) is 3.89. The number of rotatable bonds is 4. The molecule has 2 aromatic rings. The van der Waals surface area contributed by atoms with Crippen LogP contribution in [-0.2, 0) is 0 Å². The van der Waals surface area contributed by atoms with E-state index in [4.69, 9.17) is 0 Å². The zero-order chi connectivity index (χ0) is 15.4. The Morgan fingerprint density at radius 2 is 1.57 bits per heavy atom. The largest absolute Gasteiger partial charge is 0.502 e. The standard InChI is InChI=1S/C13H9N3O5/c17-13-9(4-3-7-12(13)16(20)21)8-14-10-5-1-2-6-11(10)15(18)19/h1-8,17H. The van der Waals surface area contributed by atoms with E-state index in [0.29, 0.717) is 0 Å². The molecule has 0 spiro atoms. The van der Waals surface area contributed by atoms with Gasteiger partial charge in [-0.3, -0.25) is 20.2 Å². The highest BCUT2D eigenvalue weighted by molar-refractivity contribution is 5.88. The van der Waals surface area contributed by atoms with Gasteiger partial charge in [0, 0.05) is 23.9 Å². The van der Waals surface area contributed by atoms with Crippen LogP contribution in [0.2, 0.25) is 0 Å². The molecule has 0 atom stereocenters. The molecule has 0 unspecified atom stereocenters. The zero-order valence-corrected chi connectivity index (χ0v) is 10.5. The van der Waals surface area contributed by atoms with Gasteiger partial charge in [0.2, 0.25) is 5.75 Å². The van der Waals surface area contributed by atoms with Gasteiger partial charge in [-0.2, -0.15) is 0 Å². The molecule has 106 valence electrons. The van der Waals surface area contributed by atoms with Crippen molar-refractivity contribution in [2.24, 2.45) is 4.99 Å². The van der Waals surface area contributed by atoms with Crippen LogP contribution in [0.1, 0.15) is 5.56 Å². The Balaban J connectivity index is 2.41. The summed E-state index contributed by atoms with van der Waals surface area (Å²) in [6.07, 6.45) is 1.14. The van der Waals surface area contributed by atoms with Crippen LogP contribution in [-0.4, -0.2) is 21.2 Å². The number of nitrogens with zero attached hydrogens (tertiary/aromatic N) is 3. The van der Waals surface area contributed by atoms with E-state index >= 15 is 0 Å². The molecule has 0 aliphatic carbocycles. The molecule has 21 heavy (non-hydrogen) atoms. The molecule has 0 fully saturated rings. The van der Waals surface area contributed by atoms with E-state index in [1.165, 1.54) is 30.3 Å². The van der Waals surface area contributed by atoms with Gasteiger partial charge >= 0.3 is 5.69 Å². The van der Waals surface area contributed by atoms with Gasteiger partial charge < -0.3 is 5.11 Å². The van der Waals surface area contributed by atoms with E-state index in [1.54, 1.807) is 6.07 Å². The monoisotopic (exact) mass is 287 g/mol. The number of hydrogen-bond acceptors (Lipinski definition) is 6. The third-order valence-electron chi connectivity index (χ3n) is 2.66. The van der Waals surface area contributed by atoms with E-state index in [2.05, 4.69) is 4.99 Å². The molecule has 1 N–H and O–H groups in total. The second kappa shape index (κ2) is 5.78. The Labute approximate surface area is 118 Å². The average Bonchev–Trinajstić information content (AvgIpc) is 2.46. The lowest BCUT2D eigenvalue weighted by Crippen LogP contribution is -1.92. The van der Waals surface area contributed by atoms with Gasteiger partial charge in [-0.1, -0.05) is 18.2 Å². The van der Waals surface area contributed by atoms with Crippen molar-refractivity contribution in [2.45, 2.75) is 0 Å². The summed E-state index contributed by atoms with van der Waals surface area (Å²) in [6, 6.07) is 9.76. The van der Waals surface area contributed by atoms with Crippen molar-refractivity contribution in [3.05, 3.63) is 68.3 Å². The summed E-state index contributed by atoms with van der Waals surface area (Å²) in [5.74, 6) is -0.537. The van der Waals surface area contributed by atoms with Gasteiger partial charge in [0.1, 0.15) is 5.69 Å². The Morgan fingerprint density at radius 1 is 0.952 bits per heavy atom. The SMILES string of the molecule is O=[N+]([O-])c1ccccc1N=Cc1cccc([N+](=O)[O-])c1O. The molecular weight excluding hydrogens is 278 g/mol. The molecule has 0 saturated carbocycles. The third kappa shape index (κ3) is 3.00. The molecule has 0 bridgehead atoms. The van der Waals surface area contributed by atoms with E-state index in [-0.39, 0.29) is 16.9 Å². The van der Waals surface area contributed by atoms with Gasteiger partial charge in [0.25, 0.3) is 5.69 Å². The normalized spacial score (nSPS) is 10.7. The van der Waals surface area contributed by atoms with Crippen LogP contribution in [0.5, 0.6) is 5.75 Å². The fourth-order valence-corrected chi connectivity index (χ4v) is 1.67. The summed E-state index contributed by atoms with van der Waals surface area (Å²) in [5, 5.41) is 31.3. The summed E-state index contributed by atoms with van der Waals surface area (Å²) in [4.78, 5) is 24.1. The number of nitro groups is 2. The quantitative estimate of drug-likeness (QED) is 0.526. The van der Waals surface area contributed by atoms with Crippen LogP contribution >= 0.6 is 0 Å². The van der Waals surface area contributed by atoms with Crippen LogP contribution in [0.15, 0.2) is 47.5 Å². The van der Waals surface area contributed by atoms with Crippen molar-refractivity contribution in [1.29, 1.82) is 0 Å². The fraction of sp³-hybridized carbons (Fsp3) is 0.